The summed E-state index contributed by atoms with van der Waals surface area (Å²) in [6, 6.07) is 0. The van der Waals surface area contributed by atoms with Crippen LogP contribution in [0.4, 0.5) is 0 Å². The molecule has 1 aliphatic rings. The molecular formula is C8H12O3. The number of ether oxygens (including phenoxy) is 1. The topological polar surface area (TPSA) is 43.4 Å². The highest BCUT2D eigenvalue weighted by Crippen LogP contribution is 2.15. The number of esters is 1. The maximum absolute atomic E-state index is 10.9. The molecule has 0 bridgehead atoms. The summed E-state index contributed by atoms with van der Waals surface area (Å²) in [6.07, 6.45) is 2.22. The van der Waals surface area contributed by atoms with Crippen molar-refractivity contribution in [2.75, 3.05) is 0 Å². The van der Waals surface area contributed by atoms with Gasteiger partial charge in [0, 0.05) is 0 Å². The molecule has 0 aromatic carbocycles. The Balaban J connectivity index is 2.34. The van der Waals surface area contributed by atoms with Gasteiger partial charge in [0.2, 0.25) is 0 Å². The lowest BCUT2D eigenvalue weighted by Crippen LogP contribution is -2.14. The van der Waals surface area contributed by atoms with Crippen molar-refractivity contribution in [3.63, 3.8) is 0 Å². The van der Waals surface area contributed by atoms with Crippen molar-refractivity contribution in [1.82, 2.24) is 0 Å². The van der Waals surface area contributed by atoms with Crippen LogP contribution in [0.25, 0.3) is 0 Å². The van der Waals surface area contributed by atoms with Gasteiger partial charge in [0.05, 0.1) is 0 Å². The number of unbranched alkanes of at least 4 members (excludes halogenated alkanes) is 1. The van der Waals surface area contributed by atoms with Crippen molar-refractivity contribution in [3.8, 4) is 0 Å². The van der Waals surface area contributed by atoms with Gasteiger partial charge < -0.3 is 4.74 Å². The van der Waals surface area contributed by atoms with E-state index < -0.39 is 6.10 Å². The fraction of sp³-hybridized carbons (Fsp3) is 0.750. The van der Waals surface area contributed by atoms with E-state index in [-0.39, 0.29) is 18.2 Å². The Morgan fingerprint density at radius 2 is 2.27 bits per heavy atom. The highest BCUT2D eigenvalue weighted by Gasteiger charge is 2.31. The van der Waals surface area contributed by atoms with Gasteiger partial charge in [-0.15, -0.1) is 0 Å². The van der Waals surface area contributed by atoms with E-state index in [4.69, 9.17) is 4.74 Å². The van der Waals surface area contributed by atoms with Gasteiger partial charge in [-0.05, 0) is 12.8 Å². The predicted octanol–water partition coefficient (Wildman–Crippen LogP) is 1.06. The molecule has 1 saturated heterocycles. The highest BCUT2D eigenvalue weighted by atomic mass is 16.6. The van der Waals surface area contributed by atoms with Gasteiger partial charge in [-0.3, -0.25) is 9.59 Å². The molecule has 1 fully saturated rings. The molecule has 11 heavy (non-hydrogen) atoms. The van der Waals surface area contributed by atoms with Crippen LogP contribution < -0.4 is 0 Å². The Morgan fingerprint density at radius 3 is 2.73 bits per heavy atom. The third kappa shape index (κ3) is 2.03. The molecule has 1 aliphatic heterocycles. The number of hydrogen-bond donors (Lipinski definition) is 0. The first kappa shape index (κ1) is 8.24. The standard InChI is InChI=1S/C8H12O3/c1-2-3-4-7-6(9)5-8(10)11-7/h7H,2-5H2,1H3. The first-order chi connectivity index (χ1) is 5.24. The molecule has 3 heteroatoms. The molecule has 0 spiro atoms. The highest BCUT2D eigenvalue weighted by molar-refractivity contribution is 6.03. The number of carbonyl (C=O) groups is 2. The van der Waals surface area contributed by atoms with Crippen LogP contribution in [-0.2, 0) is 14.3 Å². The molecule has 1 heterocycles. The van der Waals surface area contributed by atoms with Crippen molar-refractivity contribution < 1.29 is 14.3 Å². The van der Waals surface area contributed by atoms with Gasteiger partial charge in [0.15, 0.2) is 11.9 Å². The van der Waals surface area contributed by atoms with Gasteiger partial charge in [-0.1, -0.05) is 13.3 Å². The molecule has 1 rings (SSSR count). The normalized spacial score (nSPS) is 23.9. The van der Waals surface area contributed by atoms with Crippen molar-refractivity contribution in [2.24, 2.45) is 0 Å². The van der Waals surface area contributed by atoms with Crippen molar-refractivity contribution in [2.45, 2.75) is 38.7 Å². The zero-order valence-corrected chi connectivity index (χ0v) is 6.63. The van der Waals surface area contributed by atoms with E-state index in [2.05, 4.69) is 0 Å². The zero-order chi connectivity index (χ0) is 8.27. The smallest absolute Gasteiger partial charge is 0.314 e. The molecular weight excluding hydrogens is 144 g/mol. The quantitative estimate of drug-likeness (QED) is 0.453. The summed E-state index contributed by atoms with van der Waals surface area (Å²) < 4.78 is 4.79. The van der Waals surface area contributed by atoms with Crippen LogP contribution >= 0.6 is 0 Å². The van der Waals surface area contributed by atoms with E-state index in [9.17, 15) is 9.59 Å². The lowest BCUT2D eigenvalue weighted by atomic mass is 10.1. The van der Waals surface area contributed by atoms with Crippen molar-refractivity contribution in [1.29, 1.82) is 0 Å². The minimum atomic E-state index is -0.428. The summed E-state index contributed by atoms with van der Waals surface area (Å²) in [6.45, 7) is 2.04. The van der Waals surface area contributed by atoms with E-state index >= 15 is 0 Å². The largest absolute Gasteiger partial charge is 0.454 e. The van der Waals surface area contributed by atoms with Crippen LogP contribution in [0.3, 0.4) is 0 Å². The van der Waals surface area contributed by atoms with Crippen LogP contribution in [0.2, 0.25) is 0 Å². The van der Waals surface area contributed by atoms with Crippen LogP contribution in [0.1, 0.15) is 32.6 Å². The summed E-state index contributed by atoms with van der Waals surface area (Å²) in [4.78, 5) is 21.5. The van der Waals surface area contributed by atoms with Gasteiger partial charge in [0.25, 0.3) is 0 Å². The molecule has 0 saturated carbocycles. The zero-order valence-electron chi connectivity index (χ0n) is 6.63. The minimum Gasteiger partial charge on any atom is -0.454 e. The second kappa shape index (κ2) is 3.51. The fourth-order valence-corrected chi connectivity index (χ4v) is 1.13. The van der Waals surface area contributed by atoms with E-state index in [1.54, 1.807) is 0 Å². The monoisotopic (exact) mass is 156 g/mol. The third-order valence-electron chi connectivity index (χ3n) is 1.77. The number of ketones is 1. The average molecular weight is 156 g/mol. The molecule has 1 atom stereocenters. The Labute approximate surface area is 65.7 Å². The van der Waals surface area contributed by atoms with Gasteiger partial charge in [-0.2, -0.15) is 0 Å². The number of cyclic esters (lactones) is 1. The maximum Gasteiger partial charge on any atom is 0.314 e. The van der Waals surface area contributed by atoms with E-state index in [0.29, 0.717) is 6.42 Å². The van der Waals surface area contributed by atoms with Gasteiger partial charge >= 0.3 is 5.97 Å². The summed E-state index contributed by atoms with van der Waals surface area (Å²) >= 11 is 0. The number of hydrogen-bond acceptors (Lipinski definition) is 3. The van der Waals surface area contributed by atoms with Crippen molar-refractivity contribution >= 4 is 11.8 Å². The molecule has 1 unspecified atom stereocenters. The molecule has 0 amide bonds. The maximum atomic E-state index is 10.9. The Bertz CT molecular complexity index is 174. The Hall–Kier alpha value is -0.860. The van der Waals surface area contributed by atoms with E-state index in [0.717, 1.165) is 12.8 Å². The summed E-state index contributed by atoms with van der Waals surface area (Å²) in [5, 5.41) is 0. The second-order valence-electron chi connectivity index (χ2n) is 2.76. The van der Waals surface area contributed by atoms with Crippen LogP contribution in [0.15, 0.2) is 0 Å². The Kier molecular flexibility index (Phi) is 2.63. The lowest BCUT2D eigenvalue weighted by molar-refractivity contribution is -0.142. The first-order valence-electron chi connectivity index (χ1n) is 3.96. The van der Waals surface area contributed by atoms with Gasteiger partial charge in [0.1, 0.15) is 6.42 Å². The van der Waals surface area contributed by atoms with E-state index in [1.165, 1.54) is 0 Å². The second-order valence-corrected chi connectivity index (χ2v) is 2.76. The summed E-state index contributed by atoms with van der Waals surface area (Å²) in [7, 11) is 0. The SMILES string of the molecule is CCCCC1OC(=O)CC1=O. The summed E-state index contributed by atoms with van der Waals surface area (Å²) in [5.74, 6) is -0.417. The molecule has 62 valence electrons. The molecule has 0 radical (unpaired) electrons. The van der Waals surface area contributed by atoms with E-state index in [1.807, 2.05) is 6.92 Å². The lowest BCUT2D eigenvalue weighted by Gasteiger charge is -2.04. The molecule has 0 aromatic heterocycles. The number of carbonyl (C=O) groups excluding carboxylic acids is 2. The predicted molar refractivity (Wildman–Crippen MR) is 39.0 cm³/mol. The molecule has 0 aromatic rings. The average Bonchev–Trinajstić information content (AvgIpc) is 2.26. The van der Waals surface area contributed by atoms with Crippen molar-refractivity contribution in [3.05, 3.63) is 0 Å². The van der Waals surface area contributed by atoms with Crippen LogP contribution in [0.5, 0.6) is 0 Å². The third-order valence-corrected chi connectivity index (χ3v) is 1.77. The summed E-state index contributed by atoms with van der Waals surface area (Å²) in [5.41, 5.74) is 0. The molecule has 0 aliphatic carbocycles. The fourth-order valence-electron chi connectivity index (χ4n) is 1.13. The first-order valence-corrected chi connectivity index (χ1v) is 3.96. The number of Topliss-reactive ketones (excluding diaryl/α,β-unsaturated/α-hetero) is 1. The minimum absolute atomic E-state index is 0.0195. The van der Waals surface area contributed by atoms with Crippen LogP contribution in [-0.4, -0.2) is 17.9 Å². The molecule has 0 N–H and O–H groups in total. The Morgan fingerprint density at radius 1 is 1.55 bits per heavy atom. The molecule has 3 nitrogen and oxygen atoms in total. The van der Waals surface area contributed by atoms with Gasteiger partial charge in [-0.25, -0.2) is 0 Å². The number of rotatable bonds is 3. The van der Waals surface area contributed by atoms with Crippen LogP contribution in [0, 0.1) is 0 Å².